The Morgan fingerprint density at radius 3 is 1.67 bits per heavy atom. The van der Waals surface area contributed by atoms with Gasteiger partial charge in [-0.25, -0.2) is 0 Å². The van der Waals surface area contributed by atoms with Crippen molar-refractivity contribution in [1.82, 2.24) is 0 Å². The molecule has 0 saturated carbocycles. The summed E-state index contributed by atoms with van der Waals surface area (Å²) in [5, 5.41) is 13.7. The smallest absolute Gasteiger partial charge is 0.317 e. The van der Waals surface area contributed by atoms with Crippen LogP contribution in [0.15, 0.2) is 0 Å². The maximum Gasteiger partial charge on any atom is 0.317 e. The minimum Gasteiger partial charge on any atom is -0.480 e. The Labute approximate surface area is 52.1 Å². The third-order valence-electron chi connectivity index (χ3n) is 0.175. The molecule has 54 valence electrons. The summed E-state index contributed by atoms with van der Waals surface area (Å²) >= 11 is 0. The second-order valence-electron chi connectivity index (χ2n) is 1.05. The van der Waals surface area contributed by atoms with Crippen LogP contribution in [0.3, 0.4) is 0 Å². The summed E-state index contributed by atoms with van der Waals surface area (Å²) in [6, 6.07) is 0. The van der Waals surface area contributed by atoms with Crippen molar-refractivity contribution in [2.45, 2.75) is 0 Å². The molecule has 0 fully saturated rings. The molecule has 0 aromatic rings. The maximum absolute atomic E-state index is 9.24. The van der Waals surface area contributed by atoms with E-state index >= 15 is 0 Å². The Kier molecular flexibility index (Phi) is 7.92. The van der Waals surface area contributed by atoms with Gasteiger partial charge in [-0.2, -0.15) is 0 Å². The van der Waals surface area contributed by atoms with E-state index < -0.39 is 5.97 Å². The van der Waals surface area contributed by atoms with Crippen LogP contribution >= 0.6 is 0 Å². The summed E-state index contributed by atoms with van der Waals surface area (Å²) < 4.78 is 0. The van der Waals surface area contributed by atoms with Crippen molar-refractivity contribution in [2.24, 2.45) is 17.2 Å². The molecule has 0 rings (SSSR count). The molecule has 0 unspecified atom stereocenters. The minimum absolute atomic E-state index is 0.278. The van der Waals surface area contributed by atoms with Gasteiger partial charge in [0.15, 0.2) is 5.96 Å². The summed E-state index contributed by atoms with van der Waals surface area (Å²) in [6.07, 6.45) is 0. The van der Waals surface area contributed by atoms with Crippen molar-refractivity contribution in [3.8, 4) is 0 Å². The van der Waals surface area contributed by atoms with Crippen LogP contribution in [0, 0.1) is 5.41 Å². The third-order valence-corrected chi connectivity index (χ3v) is 0.175. The van der Waals surface area contributed by atoms with Gasteiger partial charge in [-0.1, -0.05) is 0 Å². The molecular formula is C3H10N4O2. The minimum atomic E-state index is -0.968. The lowest BCUT2D eigenvalue weighted by Crippen LogP contribution is -2.20. The molecule has 0 saturated heterocycles. The van der Waals surface area contributed by atoms with Gasteiger partial charge in [0.2, 0.25) is 0 Å². The quantitative estimate of drug-likeness (QED) is 0.206. The average Bonchev–Trinajstić information content (AvgIpc) is 1.65. The normalized spacial score (nSPS) is 6.78. The summed E-state index contributed by atoms with van der Waals surface area (Å²) in [4.78, 5) is 9.24. The first-order chi connectivity index (χ1) is 4.00. The first kappa shape index (κ1) is 10.6. The highest BCUT2D eigenvalue weighted by Gasteiger charge is 1.81. The van der Waals surface area contributed by atoms with Gasteiger partial charge in [-0.3, -0.25) is 10.2 Å². The number of carbonyl (C=O) groups is 1. The molecule has 0 amide bonds. The van der Waals surface area contributed by atoms with E-state index in [1.165, 1.54) is 0 Å². The molecule has 8 N–H and O–H groups in total. The first-order valence-electron chi connectivity index (χ1n) is 2.02. The first-order valence-corrected chi connectivity index (χ1v) is 2.02. The highest BCUT2D eigenvalue weighted by molar-refractivity contribution is 5.71. The van der Waals surface area contributed by atoms with E-state index in [0.717, 1.165) is 0 Å². The van der Waals surface area contributed by atoms with E-state index in [4.69, 9.17) is 10.5 Å². The molecule has 6 nitrogen and oxygen atoms in total. The van der Waals surface area contributed by atoms with Crippen molar-refractivity contribution < 1.29 is 9.90 Å². The van der Waals surface area contributed by atoms with Crippen LogP contribution in [0.25, 0.3) is 0 Å². The fourth-order valence-corrected chi connectivity index (χ4v) is 0. The lowest BCUT2D eigenvalue weighted by atomic mass is 10.7. The molecule has 0 heterocycles. The summed E-state index contributed by atoms with van der Waals surface area (Å²) in [7, 11) is 0. The molecule has 0 aliphatic heterocycles. The SMILES string of the molecule is N=C(N)N.NCC(=O)O. The summed E-state index contributed by atoms with van der Waals surface area (Å²) in [5.41, 5.74) is 13.5. The topological polar surface area (TPSA) is 139 Å². The van der Waals surface area contributed by atoms with Crippen LogP contribution in [0.4, 0.5) is 0 Å². The van der Waals surface area contributed by atoms with Gasteiger partial charge < -0.3 is 22.3 Å². The van der Waals surface area contributed by atoms with Crippen LogP contribution in [0.5, 0.6) is 0 Å². The van der Waals surface area contributed by atoms with Gasteiger partial charge in [-0.05, 0) is 0 Å². The van der Waals surface area contributed by atoms with Gasteiger partial charge in [0.1, 0.15) is 0 Å². The lowest BCUT2D eigenvalue weighted by molar-refractivity contribution is -0.135. The molecule has 0 aromatic carbocycles. The zero-order chi connectivity index (χ0) is 7.86. The number of nitrogens with two attached hydrogens (primary N) is 3. The molecule has 0 aromatic heterocycles. The third kappa shape index (κ3) is 302. The Balaban J connectivity index is 0. The second kappa shape index (κ2) is 6.70. The monoisotopic (exact) mass is 134 g/mol. The van der Waals surface area contributed by atoms with Gasteiger partial charge in [0.25, 0.3) is 0 Å². The molecule has 0 aliphatic rings. The Morgan fingerprint density at radius 1 is 1.56 bits per heavy atom. The van der Waals surface area contributed by atoms with Crippen molar-refractivity contribution >= 4 is 11.9 Å². The van der Waals surface area contributed by atoms with Crippen molar-refractivity contribution in [3.05, 3.63) is 0 Å². The van der Waals surface area contributed by atoms with Crippen LogP contribution < -0.4 is 17.2 Å². The standard InChI is InChI=1S/C2H5NO2.CH5N3/c3-1-2(4)5;2-1(3)4/h1,3H2,(H,4,5);(H5,2,3,4). The molecule has 0 bridgehead atoms. The van der Waals surface area contributed by atoms with Gasteiger partial charge in [0.05, 0.1) is 6.54 Å². The number of hydrogen-bond acceptors (Lipinski definition) is 3. The fourth-order valence-electron chi connectivity index (χ4n) is 0. The van der Waals surface area contributed by atoms with Gasteiger partial charge in [-0.15, -0.1) is 0 Å². The maximum atomic E-state index is 9.24. The summed E-state index contributed by atoms with van der Waals surface area (Å²) in [5.74, 6) is -1.30. The Morgan fingerprint density at radius 2 is 1.67 bits per heavy atom. The average molecular weight is 134 g/mol. The predicted molar refractivity (Wildman–Crippen MR) is 32.8 cm³/mol. The summed E-state index contributed by atoms with van der Waals surface area (Å²) in [6.45, 7) is -0.278. The Hall–Kier alpha value is -1.30. The van der Waals surface area contributed by atoms with Crippen molar-refractivity contribution in [2.75, 3.05) is 6.54 Å². The predicted octanol–water partition coefficient (Wildman–Crippen LogP) is -2.13. The van der Waals surface area contributed by atoms with Crippen molar-refractivity contribution in [1.29, 1.82) is 5.41 Å². The highest BCUT2D eigenvalue weighted by Crippen LogP contribution is 1.43. The van der Waals surface area contributed by atoms with Crippen LogP contribution in [0.1, 0.15) is 0 Å². The van der Waals surface area contributed by atoms with Crippen molar-refractivity contribution in [3.63, 3.8) is 0 Å². The molecule has 0 spiro atoms. The molecule has 0 radical (unpaired) electrons. The van der Waals surface area contributed by atoms with Crippen LogP contribution in [-0.4, -0.2) is 23.6 Å². The number of carboxylic acids is 1. The number of rotatable bonds is 1. The molecule has 6 heteroatoms. The molecule has 0 aliphatic carbocycles. The number of guanidine groups is 1. The zero-order valence-corrected chi connectivity index (χ0v) is 4.79. The van der Waals surface area contributed by atoms with E-state index in [2.05, 4.69) is 17.2 Å². The molecule has 9 heavy (non-hydrogen) atoms. The number of hydrogen-bond donors (Lipinski definition) is 5. The van der Waals surface area contributed by atoms with E-state index in [0.29, 0.717) is 0 Å². The number of aliphatic carboxylic acids is 1. The van der Waals surface area contributed by atoms with Crippen LogP contribution in [-0.2, 0) is 4.79 Å². The van der Waals surface area contributed by atoms with Crippen LogP contribution in [0.2, 0.25) is 0 Å². The van der Waals surface area contributed by atoms with E-state index in [-0.39, 0.29) is 12.5 Å². The molecular weight excluding hydrogens is 124 g/mol. The van der Waals surface area contributed by atoms with E-state index in [1.54, 1.807) is 0 Å². The van der Waals surface area contributed by atoms with Gasteiger partial charge >= 0.3 is 5.97 Å². The Bertz CT molecular complexity index is 98.0. The number of nitrogens with one attached hydrogen (secondary N) is 1. The lowest BCUT2D eigenvalue weighted by Gasteiger charge is -1.73. The number of carboxylic acid groups (broad SMARTS) is 1. The fraction of sp³-hybridized carbons (Fsp3) is 0.333. The second-order valence-corrected chi connectivity index (χ2v) is 1.05. The highest BCUT2D eigenvalue weighted by atomic mass is 16.4. The van der Waals surface area contributed by atoms with E-state index in [1.807, 2.05) is 0 Å². The largest absolute Gasteiger partial charge is 0.480 e. The van der Waals surface area contributed by atoms with E-state index in [9.17, 15) is 4.79 Å². The van der Waals surface area contributed by atoms with Gasteiger partial charge in [0, 0.05) is 0 Å². The molecule has 0 atom stereocenters. The zero-order valence-electron chi connectivity index (χ0n) is 4.79.